The predicted octanol–water partition coefficient (Wildman–Crippen LogP) is 1.57. The lowest BCUT2D eigenvalue weighted by Gasteiger charge is -2.36. The largest absolute Gasteiger partial charge is 0.495 e. The normalized spacial score (nSPS) is 21.8. The molecule has 1 unspecified atom stereocenters. The van der Waals surface area contributed by atoms with E-state index < -0.39 is 0 Å². The van der Waals surface area contributed by atoms with Crippen LogP contribution in [0, 0.1) is 5.41 Å². The molecule has 0 spiro atoms. The molecule has 0 aliphatic carbocycles. The number of benzene rings is 1. The van der Waals surface area contributed by atoms with Crippen molar-refractivity contribution in [2.24, 2.45) is 17.5 Å². The number of methoxy groups -OCH3 is 1. The number of hydrogen-bond donors (Lipinski definition) is 2. The minimum Gasteiger partial charge on any atom is -0.495 e. The minimum absolute atomic E-state index is 0.0519. The molecule has 1 saturated heterocycles. The predicted molar refractivity (Wildman–Crippen MR) is 127 cm³/mol. The van der Waals surface area contributed by atoms with Gasteiger partial charge in [0.15, 0.2) is 6.29 Å². The van der Waals surface area contributed by atoms with Gasteiger partial charge in [-0.15, -0.1) is 0 Å². The number of nitrogens with zero attached hydrogens (tertiary/aromatic N) is 5. The number of anilines is 2. The fourth-order valence-electron chi connectivity index (χ4n) is 4.40. The number of aromatic nitrogens is 3. The molecule has 0 radical (unpaired) electrons. The van der Waals surface area contributed by atoms with Crippen LogP contribution in [0.15, 0.2) is 47.8 Å². The third-order valence-corrected chi connectivity index (χ3v) is 6.24. The molecule has 1 aromatic carbocycles. The highest BCUT2D eigenvalue weighted by Gasteiger charge is 2.34. The highest BCUT2D eigenvalue weighted by Crippen LogP contribution is 2.33. The molecule has 5 rings (SSSR count). The van der Waals surface area contributed by atoms with Crippen LogP contribution < -0.4 is 26.4 Å². The SMILES string of the molecule is COc1cc(-c2cnn(C)c2)ccc1N[C@H]1N=c2c(N)nccc2=CN1CC1(C)CCOC1. The van der Waals surface area contributed by atoms with E-state index in [0.29, 0.717) is 11.2 Å². The Balaban J connectivity index is 1.50. The average Bonchev–Trinajstić information content (AvgIpc) is 3.43. The van der Waals surface area contributed by atoms with Gasteiger partial charge in [-0.3, -0.25) is 4.68 Å². The average molecular weight is 448 g/mol. The summed E-state index contributed by atoms with van der Waals surface area (Å²) in [5, 5.41) is 9.48. The van der Waals surface area contributed by atoms with Gasteiger partial charge in [0.1, 0.15) is 16.9 Å². The molecule has 0 bridgehead atoms. The topological polar surface area (TPSA) is 103 Å². The van der Waals surface area contributed by atoms with Crippen molar-refractivity contribution in [3.8, 4) is 16.9 Å². The van der Waals surface area contributed by atoms with Crippen LogP contribution in [-0.2, 0) is 11.8 Å². The third-order valence-electron chi connectivity index (χ3n) is 6.24. The van der Waals surface area contributed by atoms with Gasteiger partial charge in [0.25, 0.3) is 0 Å². The molecular formula is C24H29N7O2. The summed E-state index contributed by atoms with van der Waals surface area (Å²) in [4.78, 5) is 11.4. The van der Waals surface area contributed by atoms with Crippen LogP contribution in [0.2, 0.25) is 0 Å². The molecule has 33 heavy (non-hydrogen) atoms. The molecular weight excluding hydrogens is 418 g/mol. The highest BCUT2D eigenvalue weighted by atomic mass is 16.5. The molecule has 4 heterocycles. The summed E-state index contributed by atoms with van der Waals surface area (Å²) in [7, 11) is 3.57. The quantitative estimate of drug-likeness (QED) is 0.591. The van der Waals surface area contributed by atoms with Crippen molar-refractivity contribution in [1.29, 1.82) is 0 Å². The Hall–Kier alpha value is -3.59. The van der Waals surface area contributed by atoms with Crippen molar-refractivity contribution in [2.45, 2.75) is 19.6 Å². The maximum Gasteiger partial charge on any atom is 0.197 e. The van der Waals surface area contributed by atoms with E-state index in [2.05, 4.69) is 39.5 Å². The summed E-state index contributed by atoms with van der Waals surface area (Å²) in [6.45, 7) is 4.58. The van der Waals surface area contributed by atoms with Gasteiger partial charge >= 0.3 is 0 Å². The van der Waals surface area contributed by atoms with E-state index in [4.69, 9.17) is 20.2 Å². The zero-order valence-electron chi connectivity index (χ0n) is 19.2. The Morgan fingerprint density at radius 3 is 2.91 bits per heavy atom. The summed E-state index contributed by atoms with van der Waals surface area (Å²) in [5.74, 6) is 1.15. The lowest BCUT2D eigenvalue weighted by atomic mass is 9.89. The van der Waals surface area contributed by atoms with Crippen LogP contribution in [0.1, 0.15) is 13.3 Å². The van der Waals surface area contributed by atoms with Crippen LogP contribution >= 0.6 is 0 Å². The van der Waals surface area contributed by atoms with Gasteiger partial charge in [0.2, 0.25) is 0 Å². The van der Waals surface area contributed by atoms with Crippen LogP contribution in [0.5, 0.6) is 5.75 Å². The van der Waals surface area contributed by atoms with Gasteiger partial charge in [-0.2, -0.15) is 5.10 Å². The maximum atomic E-state index is 6.15. The number of nitrogen functional groups attached to an aromatic ring is 1. The first-order valence-electron chi connectivity index (χ1n) is 11.0. The maximum absolute atomic E-state index is 6.15. The first-order chi connectivity index (χ1) is 15.9. The fraction of sp³-hybridized carbons (Fsp3) is 0.375. The Bertz CT molecular complexity index is 1280. The van der Waals surface area contributed by atoms with Crippen LogP contribution in [0.3, 0.4) is 0 Å². The zero-order chi connectivity index (χ0) is 23.0. The molecule has 1 fully saturated rings. The number of aryl methyl sites for hydroxylation is 1. The number of pyridine rings is 1. The molecule has 3 aromatic rings. The van der Waals surface area contributed by atoms with Gasteiger partial charge in [-0.05, 0) is 30.2 Å². The van der Waals surface area contributed by atoms with Crippen LogP contribution in [0.4, 0.5) is 11.5 Å². The van der Waals surface area contributed by atoms with Crippen LogP contribution in [0.25, 0.3) is 17.3 Å². The van der Waals surface area contributed by atoms with Crippen molar-refractivity contribution < 1.29 is 9.47 Å². The Morgan fingerprint density at radius 2 is 2.18 bits per heavy atom. The molecule has 172 valence electrons. The van der Waals surface area contributed by atoms with E-state index in [1.807, 2.05) is 37.6 Å². The van der Waals surface area contributed by atoms with Gasteiger partial charge in [0.05, 0.1) is 25.6 Å². The lowest BCUT2D eigenvalue weighted by molar-refractivity contribution is 0.134. The Kier molecular flexibility index (Phi) is 5.41. The second kappa shape index (κ2) is 8.40. The summed E-state index contributed by atoms with van der Waals surface area (Å²) in [5.41, 5.74) is 9.11. The molecule has 2 atom stereocenters. The second-order valence-corrected chi connectivity index (χ2v) is 9.01. The van der Waals surface area contributed by atoms with Gasteiger partial charge < -0.3 is 25.4 Å². The summed E-state index contributed by atoms with van der Waals surface area (Å²) in [6, 6.07) is 8.01. The molecule has 3 N–H and O–H groups in total. The molecule has 2 aliphatic heterocycles. The first kappa shape index (κ1) is 21.3. The van der Waals surface area contributed by atoms with E-state index in [1.54, 1.807) is 18.0 Å². The number of rotatable bonds is 6. The van der Waals surface area contributed by atoms with Crippen molar-refractivity contribution in [3.63, 3.8) is 0 Å². The number of ether oxygens (including phenoxy) is 2. The summed E-state index contributed by atoms with van der Waals surface area (Å²) >= 11 is 0. The Morgan fingerprint density at radius 1 is 1.30 bits per heavy atom. The van der Waals surface area contributed by atoms with E-state index >= 15 is 0 Å². The van der Waals surface area contributed by atoms with E-state index in [-0.39, 0.29) is 11.7 Å². The summed E-state index contributed by atoms with van der Waals surface area (Å²) in [6.07, 6.45) is 8.29. The minimum atomic E-state index is -0.362. The zero-order valence-corrected chi connectivity index (χ0v) is 19.2. The third kappa shape index (κ3) is 4.23. The number of nitrogens with one attached hydrogen (secondary N) is 1. The van der Waals surface area contributed by atoms with Gasteiger partial charge in [-0.1, -0.05) is 13.0 Å². The van der Waals surface area contributed by atoms with E-state index in [1.165, 1.54) is 0 Å². The lowest BCUT2D eigenvalue weighted by Crippen LogP contribution is -2.49. The van der Waals surface area contributed by atoms with Crippen molar-refractivity contribution in [2.75, 3.05) is 37.9 Å². The molecule has 2 aromatic heterocycles. The smallest absolute Gasteiger partial charge is 0.197 e. The van der Waals surface area contributed by atoms with E-state index in [9.17, 15) is 0 Å². The molecule has 9 nitrogen and oxygen atoms in total. The molecule has 9 heteroatoms. The number of fused-ring (bicyclic) bond motifs is 1. The summed E-state index contributed by atoms with van der Waals surface area (Å²) < 4.78 is 13.2. The molecule has 0 amide bonds. The highest BCUT2D eigenvalue weighted by molar-refractivity contribution is 5.70. The second-order valence-electron chi connectivity index (χ2n) is 9.01. The standard InChI is InChI=1S/C24H29N7O2/c1-24(7-9-33-15-24)14-31-13-17-6-8-26-22(25)21(17)29-23(31)28-19-5-4-16(10-20(19)32-3)18-11-27-30(2)12-18/h4-6,8,10-13,23,28H,7,9,14-15H2,1-3H3,(H2,25,26)/t23-,24?/m0/s1. The van der Waals surface area contributed by atoms with E-state index in [0.717, 1.165) is 54.0 Å². The van der Waals surface area contributed by atoms with Crippen LogP contribution in [-0.4, -0.2) is 52.8 Å². The molecule has 2 aliphatic rings. The van der Waals surface area contributed by atoms with Crippen molar-refractivity contribution in [1.82, 2.24) is 19.7 Å². The first-order valence-corrected chi connectivity index (χ1v) is 11.0. The number of nitrogens with two attached hydrogens (primary N) is 1. The number of hydrogen-bond acceptors (Lipinski definition) is 8. The molecule has 0 saturated carbocycles. The fourth-order valence-corrected chi connectivity index (χ4v) is 4.40. The van der Waals surface area contributed by atoms with Gasteiger partial charge in [0, 0.05) is 55.0 Å². The monoisotopic (exact) mass is 447 g/mol. The van der Waals surface area contributed by atoms with Gasteiger partial charge in [-0.25, -0.2) is 9.98 Å². The van der Waals surface area contributed by atoms with Crippen molar-refractivity contribution >= 4 is 17.7 Å². The van der Waals surface area contributed by atoms with Crippen molar-refractivity contribution in [3.05, 3.63) is 53.4 Å². The Labute approximate surface area is 192 Å².